The van der Waals surface area contributed by atoms with Crippen LogP contribution in [0.25, 0.3) is 0 Å². The van der Waals surface area contributed by atoms with Crippen LogP contribution in [0.15, 0.2) is 70.7 Å². The number of carbonyl (C=O) groups excluding carboxylic acids is 2. The molecule has 0 spiro atoms. The van der Waals surface area contributed by atoms with Crippen LogP contribution >= 0.6 is 0 Å². The third-order valence-corrected chi connectivity index (χ3v) is 7.08. The first-order valence-corrected chi connectivity index (χ1v) is 11.9. The zero-order chi connectivity index (χ0) is 23.7. The molecule has 1 saturated heterocycles. The summed E-state index contributed by atoms with van der Waals surface area (Å²) in [6.07, 6.45) is 0. The molecule has 1 N–H and O–H groups in total. The van der Waals surface area contributed by atoms with Crippen LogP contribution in [-0.4, -0.2) is 80.3 Å². The summed E-state index contributed by atoms with van der Waals surface area (Å²) in [4.78, 5) is 37.1. The van der Waals surface area contributed by atoms with Gasteiger partial charge in [0, 0.05) is 56.1 Å². The van der Waals surface area contributed by atoms with Crippen molar-refractivity contribution < 1.29 is 9.59 Å². The maximum absolute atomic E-state index is 13.1. The summed E-state index contributed by atoms with van der Waals surface area (Å²) >= 11 is 0. The van der Waals surface area contributed by atoms with Gasteiger partial charge in [0.25, 0.3) is 5.91 Å². The Bertz CT molecular complexity index is 1130. The van der Waals surface area contributed by atoms with Crippen LogP contribution in [0, 0.1) is 0 Å². The molecule has 7 heteroatoms. The minimum atomic E-state index is -0.199. The minimum Gasteiger partial charge on any atom is -0.369 e. The molecule has 3 aliphatic heterocycles. The van der Waals surface area contributed by atoms with Gasteiger partial charge in [-0.25, -0.2) is 0 Å². The van der Waals surface area contributed by atoms with Gasteiger partial charge in [-0.05, 0) is 49.4 Å². The fourth-order valence-electron chi connectivity index (χ4n) is 4.84. The highest BCUT2D eigenvalue weighted by atomic mass is 16.2. The first-order valence-electron chi connectivity index (χ1n) is 11.9. The Morgan fingerprint density at radius 1 is 0.941 bits per heavy atom. The van der Waals surface area contributed by atoms with E-state index in [1.165, 1.54) is 0 Å². The number of amidine groups is 1. The fourth-order valence-corrected chi connectivity index (χ4v) is 4.84. The number of rotatable bonds is 4. The predicted molar refractivity (Wildman–Crippen MR) is 134 cm³/mol. The average molecular weight is 458 g/mol. The summed E-state index contributed by atoms with van der Waals surface area (Å²) in [5.41, 5.74) is 4.87. The van der Waals surface area contributed by atoms with Crippen LogP contribution < -0.4 is 10.2 Å². The van der Waals surface area contributed by atoms with E-state index in [4.69, 9.17) is 0 Å². The molecule has 1 fully saturated rings. The second-order valence-corrected chi connectivity index (χ2v) is 9.36. The second kappa shape index (κ2) is 9.43. The standard InChI is InChI=1S/C27H31N5O2/c1-19(20-6-4-3-5-7-20)27(34)32-17-22-16-28-25(24(22)18-32)29-26(33)21-8-10-23(11-9-21)31-14-12-30(2)13-15-31/h3-11,19H,12-18H2,1-2H3,(H,28,29,33)/t19-/m1/s1. The minimum absolute atomic E-state index is 0.103. The van der Waals surface area contributed by atoms with Crippen molar-refractivity contribution in [3.05, 3.63) is 76.9 Å². The van der Waals surface area contributed by atoms with Crippen molar-refractivity contribution in [2.45, 2.75) is 12.8 Å². The average Bonchev–Trinajstić information content (AvgIpc) is 3.46. The lowest BCUT2D eigenvalue weighted by Gasteiger charge is -2.34. The third kappa shape index (κ3) is 4.48. The van der Waals surface area contributed by atoms with Gasteiger partial charge in [0.2, 0.25) is 5.91 Å². The number of carbonyl (C=O) groups is 2. The van der Waals surface area contributed by atoms with E-state index in [9.17, 15) is 9.59 Å². The number of anilines is 1. The number of likely N-dealkylation sites (N-methyl/N-ethyl adjacent to an activating group) is 1. The van der Waals surface area contributed by atoms with Crippen LogP contribution in [0.4, 0.5) is 5.69 Å². The van der Waals surface area contributed by atoms with Gasteiger partial charge in [-0.1, -0.05) is 30.3 Å². The van der Waals surface area contributed by atoms with Crippen LogP contribution in [-0.2, 0) is 4.79 Å². The Morgan fingerprint density at radius 3 is 2.35 bits per heavy atom. The molecule has 5 rings (SSSR count). The van der Waals surface area contributed by atoms with Crippen molar-refractivity contribution in [1.29, 1.82) is 0 Å². The van der Waals surface area contributed by atoms with Gasteiger partial charge in [0.1, 0.15) is 5.84 Å². The fraction of sp³-hybridized carbons (Fsp3) is 0.370. The Balaban J connectivity index is 1.19. The molecule has 2 aromatic rings. The number of amides is 2. The second-order valence-electron chi connectivity index (χ2n) is 9.36. The van der Waals surface area contributed by atoms with Gasteiger partial charge in [-0.2, -0.15) is 0 Å². The zero-order valence-electron chi connectivity index (χ0n) is 19.8. The van der Waals surface area contributed by atoms with Gasteiger partial charge in [-0.15, -0.1) is 0 Å². The lowest BCUT2D eigenvalue weighted by Crippen LogP contribution is -2.44. The summed E-state index contributed by atoms with van der Waals surface area (Å²) in [6, 6.07) is 17.6. The maximum atomic E-state index is 13.1. The van der Waals surface area contributed by atoms with Crippen molar-refractivity contribution >= 4 is 23.3 Å². The molecule has 0 aliphatic carbocycles. The molecular weight excluding hydrogens is 426 g/mol. The van der Waals surface area contributed by atoms with E-state index < -0.39 is 0 Å². The number of nitrogens with zero attached hydrogens (tertiary/aromatic N) is 4. The van der Waals surface area contributed by atoms with Crippen LogP contribution in [0.5, 0.6) is 0 Å². The van der Waals surface area contributed by atoms with E-state index in [0.29, 0.717) is 31.0 Å². The van der Waals surface area contributed by atoms with E-state index in [2.05, 4.69) is 27.2 Å². The number of piperazine rings is 1. The summed E-state index contributed by atoms with van der Waals surface area (Å²) < 4.78 is 0. The molecule has 3 aliphatic rings. The molecule has 7 nitrogen and oxygen atoms in total. The lowest BCUT2D eigenvalue weighted by atomic mass is 10.00. The molecular formula is C27H31N5O2. The monoisotopic (exact) mass is 457 g/mol. The van der Waals surface area contributed by atoms with Crippen molar-refractivity contribution in [1.82, 2.24) is 15.1 Å². The summed E-state index contributed by atoms with van der Waals surface area (Å²) in [5.74, 6) is 0.339. The Morgan fingerprint density at radius 2 is 1.65 bits per heavy atom. The number of benzene rings is 2. The van der Waals surface area contributed by atoms with Crippen LogP contribution in [0.2, 0.25) is 0 Å². The van der Waals surface area contributed by atoms with Gasteiger partial charge in [0.05, 0.1) is 12.5 Å². The first-order chi connectivity index (χ1) is 16.5. The predicted octanol–water partition coefficient (Wildman–Crippen LogP) is 2.52. The molecule has 34 heavy (non-hydrogen) atoms. The van der Waals surface area contributed by atoms with Crippen LogP contribution in [0.3, 0.4) is 0 Å². The first kappa shape index (κ1) is 22.3. The van der Waals surface area contributed by atoms with E-state index in [1.54, 1.807) is 0 Å². The smallest absolute Gasteiger partial charge is 0.256 e. The molecule has 2 aromatic carbocycles. The van der Waals surface area contributed by atoms with E-state index in [0.717, 1.165) is 48.6 Å². The van der Waals surface area contributed by atoms with Crippen molar-refractivity contribution in [2.24, 2.45) is 4.99 Å². The third-order valence-electron chi connectivity index (χ3n) is 7.08. The highest BCUT2D eigenvalue weighted by Gasteiger charge is 2.34. The molecule has 3 heterocycles. The van der Waals surface area contributed by atoms with Crippen molar-refractivity contribution in [2.75, 3.05) is 57.8 Å². The number of hydrogen-bond donors (Lipinski definition) is 1. The van der Waals surface area contributed by atoms with Crippen LogP contribution in [0.1, 0.15) is 28.8 Å². The zero-order valence-corrected chi connectivity index (χ0v) is 19.8. The van der Waals surface area contributed by atoms with Gasteiger partial charge >= 0.3 is 0 Å². The van der Waals surface area contributed by atoms with E-state index >= 15 is 0 Å². The highest BCUT2D eigenvalue weighted by molar-refractivity contribution is 6.14. The summed E-state index contributed by atoms with van der Waals surface area (Å²) in [5, 5.41) is 2.99. The Hall–Kier alpha value is -3.45. The Kier molecular flexibility index (Phi) is 6.20. The number of nitrogens with one attached hydrogen (secondary N) is 1. The summed E-state index contributed by atoms with van der Waals surface area (Å²) in [7, 11) is 2.14. The van der Waals surface area contributed by atoms with Crippen molar-refractivity contribution in [3.8, 4) is 0 Å². The molecule has 0 bridgehead atoms. The Labute approximate surface area is 200 Å². The van der Waals surface area contributed by atoms with Crippen molar-refractivity contribution in [3.63, 3.8) is 0 Å². The van der Waals surface area contributed by atoms with Gasteiger partial charge < -0.3 is 20.0 Å². The molecule has 0 unspecified atom stereocenters. The number of hydrogen-bond acceptors (Lipinski definition) is 5. The molecule has 2 amide bonds. The lowest BCUT2D eigenvalue weighted by molar-refractivity contribution is -0.131. The SMILES string of the molecule is C[C@@H](C(=O)N1CC2=C(C1)C(NC(=O)c1ccc(N3CCN(C)CC3)cc1)=NC2)c1ccccc1. The molecule has 0 saturated carbocycles. The van der Waals surface area contributed by atoms with Gasteiger partial charge in [0.15, 0.2) is 0 Å². The maximum Gasteiger partial charge on any atom is 0.256 e. The molecule has 1 atom stereocenters. The normalized spacial score (nSPS) is 19.2. The van der Waals surface area contributed by atoms with E-state index in [1.807, 2.05) is 66.4 Å². The molecule has 0 aromatic heterocycles. The summed E-state index contributed by atoms with van der Waals surface area (Å²) in [6.45, 7) is 7.63. The van der Waals surface area contributed by atoms with Gasteiger partial charge in [-0.3, -0.25) is 14.6 Å². The largest absolute Gasteiger partial charge is 0.369 e. The molecule has 176 valence electrons. The molecule has 0 radical (unpaired) electrons. The quantitative estimate of drug-likeness (QED) is 0.766. The van der Waals surface area contributed by atoms with E-state index in [-0.39, 0.29) is 17.7 Å². The number of aliphatic imine (C=N–C) groups is 1. The topological polar surface area (TPSA) is 68.2 Å². The highest BCUT2D eigenvalue weighted by Crippen LogP contribution is 2.27.